The molecule has 2 aromatic rings. The minimum Gasteiger partial charge on any atom is -0.478 e. The van der Waals surface area contributed by atoms with Crippen molar-refractivity contribution in [2.24, 2.45) is 0 Å². The zero-order valence-electron chi connectivity index (χ0n) is 8.76. The Balaban J connectivity index is 2.16. The zero-order chi connectivity index (χ0) is 12.3. The van der Waals surface area contributed by atoms with Gasteiger partial charge in [-0.25, -0.2) is 4.79 Å². The Labute approximate surface area is 107 Å². The Morgan fingerprint density at radius 3 is 2.35 bits per heavy atom. The predicted octanol–water partition coefficient (Wildman–Crippen LogP) is 3.94. The first-order valence-electron chi connectivity index (χ1n) is 4.92. The van der Waals surface area contributed by atoms with Gasteiger partial charge in [-0.05, 0) is 42.5 Å². The fourth-order valence-electron chi connectivity index (χ4n) is 1.33. The molecule has 0 spiro atoms. The molecule has 0 atom stereocenters. The molecule has 0 aliphatic carbocycles. The molecular weight excluding hydrogens is 284 g/mol. The number of carboxylic acid groups (broad SMARTS) is 1. The molecule has 17 heavy (non-hydrogen) atoms. The number of benzene rings is 2. The minimum absolute atomic E-state index is 0.242. The van der Waals surface area contributed by atoms with E-state index in [0.717, 1.165) is 4.47 Å². The third kappa shape index (κ3) is 3.07. The molecule has 0 unspecified atom stereocenters. The Morgan fingerprint density at radius 1 is 1.06 bits per heavy atom. The van der Waals surface area contributed by atoms with E-state index < -0.39 is 5.97 Å². The van der Waals surface area contributed by atoms with Crippen LogP contribution in [0.3, 0.4) is 0 Å². The topological polar surface area (TPSA) is 46.5 Å². The van der Waals surface area contributed by atoms with Crippen LogP contribution in [0.1, 0.15) is 10.4 Å². The number of hydrogen-bond acceptors (Lipinski definition) is 2. The van der Waals surface area contributed by atoms with Crippen molar-refractivity contribution in [1.29, 1.82) is 0 Å². The van der Waals surface area contributed by atoms with E-state index in [1.54, 1.807) is 12.1 Å². The van der Waals surface area contributed by atoms with Gasteiger partial charge in [-0.1, -0.05) is 22.0 Å². The molecule has 0 fully saturated rings. The molecular formula is C13H9BrO3. The number of aromatic carboxylic acids is 1. The van der Waals surface area contributed by atoms with E-state index in [4.69, 9.17) is 9.84 Å². The summed E-state index contributed by atoms with van der Waals surface area (Å²) in [5.41, 5.74) is 0.242. The van der Waals surface area contributed by atoms with Gasteiger partial charge in [0, 0.05) is 4.47 Å². The van der Waals surface area contributed by atoms with Gasteiger partial charge in [0.15, 0.2) is 0 Å². The molecule has 86 valence electrons. The summed E-state index contributed by atoms with van der Waals surface area (Å²) in [6.07, 6.45) is 0. The number of rotatable bonds is 3. The number of ether oxygens (including phenoxy) is 1. The molecule has 3 nitrogen and oxygen atoms in total. The van der Waals surface area contributed by atoms with Crippen LogP contribution < -0.4 is 4.74 Å². The second-order valence-electron chi connectivity index (χ2n) is 3.39. The summed E-state index contributed by atoms with van der Waals surface area (Å²) < 4.78 is 6.50. The second kappa shape index (κ2) is 5.01. The summed E-state index contributed by atoms with van der Waals surface area (Å²) in [6.45, 7) is 0. The van der Waals surface area contributed by atoms with Crippen LogP contribution in [0.4, 0.5) is 0 Å². The van der Waals surface area contributed by atoms with Crippen molar-refractivity contribution in [2.45, 2.75) is 0 Å². The van der Waals surface area contributed by atoms with Gasteiger partial charge in [0.05, 0.1) is 5.56 Å². The fraction of sp³-hybridized carbons (Fsp3) is 0. The van der Waals surface area contributed by atoms with Crippen LogP contribution in [0.25, 0.3) is 0 Å². The maximum Gasteiger partial charge on any atom is 0.335 e. The van der Waals surface area contributed by atoms with Gasteiger partial charge in [0.1, 0.15) is 11.5 Å². The summed E-state index contributed by atoms with van der Waals surface area (Å²) in [5.74, 6) is 0.356. The van der Waals surface area contributed by atoms with E-state index in [-0.39, 0.29) is 5.56 Å². The van der Waals surface area contributed by atoms with E-state index in [2.05, 4.69) is 15.9 Å². The van der Waals surface area contributed by atoms with Gasteiger partial charge in [-0.3, -0.25) is 0 Å². The third-order valence-electron chi connectivity index (χ3n) is 2.13. The lowest BCUT2D eigenvalue weighted by Crippen LogP contribution is -1.95. The maximum atomic E-state index is 10.7. The van der Waals surface area contributed by atoms with Crippen molar-refractivity contribution in [1.82, 2.24) is 0 Å². The Morgan fingerprint density at radius 2 is 1.76 bits per heavy atom. The smallest absolute Gasteiger partial charge is 0.335 e. The normalized spacial score (nSPS) is 9.94. The Hall–Kier alpha value is -1.81. The third-order valence-corrected chi connectivity index (χ3v) is 2.63. The highest BCUT2D eigenvalue weighted by Gasteiger charge is 2.03. The predicted molar refractivity (Wildman–Crippen MR) is 67.6 cm³/mol. The lowest BCUT2D eigenvalue weighted by Gasteiger charge is -2.05. The van der Waals surface area contributed by atoms with Crippen molar-refractivity contribution in [3.05, 3.63) is 58.6 Å². The van der Waals surface area contributed by atoms with Gasteiger partial charge in [-0.15, -0.1) is 0 Å². The first-order chi connectivity index (χ1) is 8.15. The molecule has 4 heteroatoms. The van der Waals surface area contributed by atoms with Crippen LogP contribution in [0.15, 0.2) is 53.0 Å². The van der Waals surface area contributed by atoms with E-state index in [9.17, 15) is 4.79 Å². The molecule has 0 aliphatic rings. The van der Waals surface area contributed by atoms with Crippen LogP contribution in [0, 0.1) is 0 Å². The van der Waals surface area contributed by atoms with Crippen molar-refractivity contribution in [2.75, 3.05) is 0 Å². The Kier molecular flexibility index (Phi) is 3.44. The SMILES string of the molecule is O=C(O)c1ccc(Oc2cccc(Br)c2)cc1. The van der Waals surface area contributed by atoms with E-state index >= 15 is 0 Å². The summed E-state index contributed by atoms with van der Waals surface area (Å²) in [5, 5.41) is 8.75. The summed E-state index contributed by atoms with van der Waals surface area (Å²) in [6, 6.07) is 13.7. The highest BCUT2D eigenvalue weighted by molar-refractivity contribution is 9.10. The average Bonchev–Trinajstić information content (AvgIpc) is 2.29. The highest BCUT2D eigenvalue weighted by Crippen LogP contribution is 2.24. The number of carbonyl (C=O) groups is 1. The standard InChI is InChI=1S/C13H9BrO3/c14-10-2-1-3-12(8-10)17-11-6-4-9(5-7-11)13(15)16/h1-8H,(H,15,16). The minimum atomic E-state index is -0.945. The molecule has 0 saturated heterocycles. The number of hydrogen-bond donors (Lipinski definition) is 1. The molecule has 0 radical (unpaired) electrons. The van der Waals surface area contributed by atoms with Gasteiger partial charge in [0.25, 0.3) is 0 Å². The number of carboxylic acids is 1. The maximum absolute atomic E-state index is 10.7. The lowest BCUT2D eigenvalue weighted by atomic mass is 10.2. The van der Waals surface area contributed by atoms with Crippen LogP contribution in [-0.4, -0.2) is 11.1 Å². The van der Waals surface area contributed by atoms with Crippen LogP contribution in [0.2, 0.25) is 0 Å². The molecule has 0 amide bonds. The molecule has 2 aromatic carbocycles. The van der Waals surface area contributed by atoms with Gasteiger partial charge in [-0.2, -0.15) is 0 Å². The first-order valence-corrected chi connectivity index (χ1v) is 5.71. The van der Waals surface area contributed by atoms with Gasteiger partial charge >= 0.3 is 5.97 Å². The van der Waals surface area contributed by atoms with Crippen molar-refractivity contribution in [3.63, 3.8) is 0 Å². The quantitative estimate of drug-likeness (QED) is 0.932. The Bertz CT molecular complexity index is 535. The second-order valence-corrected chi connectivity index (χ2v) is 4.30. The molecule has 1 N–H and O–H groups in total. The molecule has 0 bridgehead atoms. The van der Waals surface area contributed by atoms with Crippen LogP contribution >= 0.6 is 15.9 Å². The average molecular weight is 293 g/mol. The molecule has 2 rings (SSSR count). The zero-order valence-corrected chi connectivity index (χ0v) is 10.3. The van der Waals surface area contributed by atoms with Gasteiger partial charge < -0.3 is 9.84 Å². The van der Waals surface area contributed by atoms with Crippen molar-refractivity contribution in [3.8, 4) is 11.5 Å². The molecule has 0 aromatic heterocycles. The highest BCUT2D eigenvalue weighted by atomic mass is 79.9. The van der Waals surface area contributed by atoms with E-state index in [1.807, 2.05) is 24.3 Å². The number of halogens is 1. The fourth-order valence-corrected chi connectivity index (χ4v) is 1.71. The van der Waals surface area contributed by atoms with Gasteiger partial charge in [0.2, 0.25) is 0 Å². The first kappa shape index (κ1) is 11.7. The summed E-state index contributed by atoms with van der Waals surface area (Å²) >= 11 is 3.35. The monoisotopic (exact) mass is 292 g/mol. The van der Waals surface area contributed by atoms with Crippen LogP contribution in [0.5, 0.6) is 11.5 Å². The summed E-state index contributed by atoms with van der Waals surface area (Å²) in [7, 11) is 0. The van der Waals surface area contributed by atoms with Crippen LogP contribution in [-0.2, 0) is 0 Å². The van der Waals surface area contributed by atoms with E-state index in [0.29, 0.717) is 11.5 Å². The lowest BCUT2D eigenvalue weighted by molar-refractivity contribution is 0.0697. The largest absolute Gasteiger partial charge is 0.478 e. The molecule has 0 aliphatic heterocycles. The van der Waals surface area contributed by atoms with Crippen molar-refractivity contribution < 1.29 is 14.6 Å². The van der Waals surface area contributed by atoms with Crippen molar-refractivity contribution >= 4 is 21.9 Å². The van der Waals surface area contributed by atoms with E-state index in [1.165, 1.54) is 12.1 Å². The summed E-state index contributed by atoms with van der Waals surface area (Å²) in [4.78, 5) is 10.7. The molecule has 0 heterocycles. The molecule has 0 saturated carbocycles.